The van der Waals surface area contributed by atoms with Crippen molar-refractivity contribution >= 4 is 17.3 Å². The average molecular weight is 367 g/mol. The molecule has 7 heteroatoms. The molecule has 0 heterocycles. The van der Waals surface area contributed by atoms with Gasteiger partial charge in [-0.2, -0.15) is 13.2 Å². The molecule has 2 aromatic carbocycles. The molecule has 0 amide bonds. The minimum absolute atomic E-state index is 0.0475. The van der Waals surface area contributed by atoms with Crippen molar-refractivity contribution in [1.82, 2.24) is 0 Å². The molecule has 0 atom stereocenters. The molecule has 0 fully saturated rings. The maximum absolute atomic E-state index is 13.5. The van der Waals surface area contributed by atoms with Gasteiger partial charge in [-0.15, -0.1) is 6.58 Å². The molecule has 0 aliphatic carbocycles. The minimum Gasteiger partial charge on any atom is -0.462 e. The first-order valence-electron chi connectivity index (χ1n) is 7.81. The molecule has 138 valence electrons. The van der Waals surface area contributed by atoms with Crippen molar-refractivity contribution in [2.75, 3.05) is 11.9 Å². The highest BCUT2D eigenvalue weighted by molar-refractivity contribution is 5.96. The second kappa shape index (κ2) is 8.03. The molecule has 26 heavy (non-hydrogen) atoms. The lowest BCUT2D eigenvalue weighted by Crippen LogP contribution is -2.12. The summed E-state index contributed by atoms with van der Waals surface area (Å²) in [6.07, 6.45) is -2.73. The van der Waals surface area contributed by atoms with Crippen LogP contribution < -0.4 is 5.32 Å². The number of hydrogen-bond acceptors (Lipinski definition) is 3. The van der Waals surface area contributed by atoms with Gasteiger partial charge in [0, 0.05) is 5.69 Å². The first-order valence-corrected chi connectivity index (χ1v) is 7.81. The van der Waals surface area contributed by atoms with Crippen LogP contribution in [0.3, 0.4) is 0 Å². The summed E-state index contributed by atoms with van der Waals surface area (Å²) in [6, 6.07) is 6.51. The molecule has 0 saturated heterocycles. The van der Waals surface area contributed by atoms with Crippen LogP contribution in [0.15, 0.2) is 49.1 Å². The van der Waals surface area contributed by atoms with Crippen molar-refractivity contribution in [2.45, 2.75) is 19.5 Å². The maximum Gasteiger partial charge on any atom is 0.416 e. The van der Waals surface area contributed by atoms with E-state index in [1.807, 2.05) is 0 Å². The van der Waals surface area contributed by atoms with E-state index in [0.717, 1.165) is 18.2 Å². The summed E-state index contributed by atoms with van der Waals surface area (Å²) in [5.74, 6) is -1.24. The molecule has 2 rings (SSSR count). The van der Waals surface area contributed by atoms with Gasteiger partial charge in [-0.1, -0.05) is 6.08 Å². The fraction of sp³-hybridized carbons (Fsp3) is 0.211. The third-order valence-corrected chi connectivity index (χ3v) is 3.54. The summed E-state index contributed by atoms with van der Waals surface area (Å²) >= 11 is 0. The molecule has 2 aromatic rings. The standard InChI is InChI=1S/C19H17F4NO2/c1-3-5-12-10-14(20)7-9-16(12)24-17-11-13(19(21,22)23)6-8-15(17)18(25)26-4-2/h3,6-11,24H,1,4-5H2,2H3. The van der Waals surface area contributed by atoms with E-state index in [0.29, 0.717) is 17.7 Å². The van der Waals surface area contributed by atoms with Gasteiger partial charge in [0.25, 0.3) is 0 Å². The Morgan fingerprint density at radius 1 is 1.19 bits per heavy atom. The minimum atomic E-state index is -4.57. The van der Waals surface area contributed by atoms with Gasteiger partial charge in [-0.3, -0.25) is 0 Å². The Balaban J connectivity index is 2.52. The lowest BCUT2D eigenvalue weighted by molar-refractivity contribution is -0.137. The van der Waals surface area contributed by atoms with Gasteiger partial charge in [-0.05, 0) is 55.3 Å². The summed E-state index contributed by atoms with van der Waals surface area (Å²) in [4.78, 5) is 12.1. The van der Waals surface area contributed by atoms with Crippen molar-refractivity contribution in [3.05, 3.63) is 71.6 Å². The average Bonchev–Trinajstić information content (AvgIpc) is 2.57. The van der Waals surface area contributed by atoms with Crippen molar-refractivity contribution in [3.8, 4) is 0 Å². The summed E-state index contributed by atoms with van der Waals surface area (Å²) in [5, 5.41) is 2.79. The smallest absolute Gasteiger partial charge is 0.416 e. The molecular formula is C19H17F4NO2. The highest BCUT2D eigenvalue weighted by Crippen LogP contribution is 2.34. The van der Waals surface area contributed by atoms with Crippen molar-refractivity contribution in [2.24, 2.45) is 0 Å². The van der Waals surface area contributed by atoms with Crippen molar-refractivity contribution < 1.29 is 27.1 Å². The molecule has 1 N–H and O–H groups in total. The zero-order valence-corrected chi connectivity index (χ0v) is 14.0. The Hall–Kier alpha value is -2.83. The molecule has 0 radical (unpaired) electrons. The zero-order chi connectivity index (χ0) is 19.3. The molecular weight excluding hydrogens is 350 g/mol. The number of hydrogen-bond donors (Lipinski definition) is 1. The van der Waals surface area contributed by atoms with Crippen LogP contribution in [-0.2, 0) is 17.3 Å². The number of halogens is 4. The van der Waals surface area contributed by atoms with E-state index in [4.69, 9.17) is 4.74 Å². The molecule has 0 saturated carbocycles. The Morgan fingerprint density at radius 2 is 1.92 bits per heavy atom. The molecule has 0 aromatic heterocycles. The van der Waals surface area contributed by atoms with Crippen LogP contribution in [0.1, 0.15) is 28.4 Å². The number of esters is 1. The number of nitrogens with one attached hydrogen (secondary N) is 1. The first kappa shape index (κ1) is 19.5. The summed E-state index contributed by atoms with van der Waals surface area (Å²) in [5.41, 5.74) is -0.173. The largest absolute Gasteiger partial charge is 0.462 e. The number of allylic oxidation sites excluding steroid dienone is 1. The highest BCUT2D eigenvalue weighted by atomic mass is 19.4. The molecule has 3 nitrogen and oxygen atoms in total. The number of carbonyl (C=O) groups excluding carboxylic acids is 1. The van der Waals surface area contributed by atoms with Gasteiger partial charge in [0.15, 0.2) is 0 Å². The van der Waals surface area contributed by atoms with Crippen LogP contribution in [0.5, 0.6) is 0 Å². The van der Waals surface area contributed by atoms with Gasteiger partial charge in [0.05, 0.1) is 23.4 Å². The quantitative estimate of drug-likeness (QED) is 0.417. The van der Waals surface area contributed by atoms with Crippen LogP contribution in [0.25, 0.3) is 0 Å². The lowest BCUT2D eigenvalue weighted by atomic mass is 10.1. The second-order valence-corrected chi connectivity index (χ2v) is 5.40. The number of ether oxygens (including phenoxy) is 1. The van der Waals surface area contributed by atoms with Gasteiger partial charge in [0.2, 0.25) is 0 Å². The van der Waals surface area contributed by atoms with Gasteiger partial charge < -0.3 is 10.1 Å². The van der Waals surface area contributed by atoms with Crippen LogP contribution in [0.2, 0.25) is 0 Å². The Morgan fingerprint density at radius 3 is 2.54 bits per heavy atom. The van der Waals surface area contributed by atoms with E-state index in [1.165, 1.54) is 18.2 Å². The number of alkyl halides is 3. The Labute approximate surface area is 148 Å². The van der Waals surface area contributed by atoms with Gasteiger partial charge in [0.1, 0.15) is 5.82 Å². The van der Waals surface area contributed by atoms with E-state index >= 15 is 0 Å². The normalized spacial score (nSPS) is 11.1. The van der Waals surface area contributed by atoms with E-state index in [-0.39, 0.29) is 17.9 Å². The Bertz CT molecular complexity index is 816. The van der Waals surface area contributed by atoms with Crippen molar-refractivity contribution in [1.29, 1.82) is 0 Å². The third-order valence-electron chi connectivity index (χ3n) is 3.54. The fourth-order valence-electron chi connectivity index (χ4n) is 2.36. The number of anilines is 2. The predicted octanol–water partition coefficient (Wildman–Crippen LogP) is 5.49. The SMILES string of the molecule is C=CCc1cc(F)ccc1Nc1cc(C(F)(F)F)ccc1C(=O)OCC. The molecule has 0 spiro atoms. The number of benzene rings is 2. The van der Waals surface area contributed by atoms with E-state index < -0.39 is 23.5 Å². The summed E-state index contributed by atoms with van der Waals surface area (Å²) < 4.78 is 57.4. The van der Waals surface area contributed by atoms with E-state index in [2.05, 4.69) is 11.9 Å². The van der Waals surface area contributed by atoms with Crippen LogP contribution in [0.4, 0.5) is 28.9 Å². The summed E-state index contributed by atoms with van der Waals surface area (Å²) in [6.45, 7) is 5.25. The highest BCUT2D eigenvalue weighted by Gasteiger charge is 2.31. The van der Waals surface area contributed by atoms with Gasteiger partial charge >= 0.3 is 12.1 Å². The van der Waals surface area contributed by atoms with Crippen LogP contribution >= 0.6 is 0 Å². The second-order valence-electron chi connectivity index (χ2n) is 5.40. The lowest BCUT2D eigenvalue weighted by Gasteiger charge is -2.16. The molecule has 0 aliphatic rings. The maximum atomic E-state index is 13.5. The topological polar surface area (TPSA) is 38.3 Å². The zero-order valence-electron chi connectivity index (χ0n) is 14.0. The number of rotatable bonds is 6. The van der Waals surface area contributed by atoms with E-state index in [9.17, 15) is 22.4 Å². The third kappa shape index (κ3) is 4.62. The van der Waals surface area contributed by atoms with Crippen LogP contribution in [0, 0.1) is 5.82 Å². The monoisotopic (exact) mass is 367 g/mol. The first-order chi connectivity index (χ1) is 12.3. The predicted molar refractivity (Wildman–Crippen MR) is 91.0 cm³/mol. The molecule has 0 bridgehead atoms. The summed E-state index contributed by atoms with van der Waals surface area (Å²) in [7, 11) is 0. The van der Waals surface area contributed by atoms with Gasteiger partial charge in [-0.25, -0.2) is 9.18 Å². The molecule has 0 aliphatic heterocycles. The molecule has 0 unspecified atom stereocenters. The van der Waals surface area contributed by atoms with Crippen molar-refractivity contribution in [3.63, 3.8) is 0 Å². The number of carbonyl (C=O) groups is 1. The van der Waals surface area contributed by atoms with E-state index in [1.54, 1.807) is 13.0 Å². The van der Waals surface area contributed by atoms with Crippen LogP contribution in [-0.4, -0.2) is 12.6 Å². The fourth-order valence-corrected chi connectivity index (χ4v) is 2.36. The Kier molecular flexibility index (Phi) is 6.02.